The first-order valence-corrected chi connectivity index (χ1v) is 9.38. The number of amides is 1. The fraction of sp³-hybridized carbons (Fsp3) is 0.545. The van der Waals surface area contributed by atoms with Crippen LogP contribution in [0.2, 0.25) is 0 Å². The predicted octanol–water partition coefficient (Wildman–Crippen LogP) is 4.55. The Morgan fingerprint density at radius 2 is 2.04 bits per heavy atom. The van der Waals surface area contributed by atoms with Crippen LogP contribution in [-0.2, 0) is 4.79 Å². The lowest BCUT2D eigenvalue weighted by atomic mass is 9.65. The fourth-order valence-electron chi connectivity index (χ4n) is 5.03. The van der Waals surface area contributed by atoms with E-state index in [2.05, 4.69) is 37.1 Å². The molecule has 138 valence electrons. The highest BCUT2D eigenvalue weighted by Gasteiger charge is 2.48. The number of aryl methyl sites for hydroxylation is 1. The van der Waals surface area contributed by atoms with Gasteiger partial charge in [0.15, 0.2) is 0 Å². The molecule has 1 aliphatic carbocycles. The Bertz CT molecular complexity index is 802. The summed E-state index contributed by atoms with van der Waals surface area (Å²) in [5.74, 6) is -0.327. The van der Waals surface area contributed by atoms with Gasteiger partial charge in [0.25, 0.3) is 5.91 Å². The van der Waals surface area contributed by atoms with Crippen LogP contribution in [0.15, 0.2) is 30.0 Å². The summed E-state index contributed by atoms with van der Waals surface area (Å²) in [5, 5.41) is 12.5. The van der Waals surface area contributed by atoms with Gasteiger partial charge in [0.1, 0.15) is 11.6 Å². The molecule has 2 bridgehead atoms. The van der Waals surface area contributed by atoms with Crippen molar-refractivity contribution in [3.05, 3.63) is 41.1 Å². The summed E-state index contributed by atoms with van der Waals surface area (Å²) in [5.41, 5.74) is 3.68. The van der Waals surface area contributed by atoms with Crippen molar-refractivity contribution in [2.45, 2.75) is 59.9 Å². The number of fused-ring (bicyclic) bond motifs is 2. The van der Waals surface area contributed by atoms with Crippen molar-refractivity contribution >= 4 is 11.6 Å². The van der Waals surface area contributed by atoms with Gasteiger partial charge in [-0.3, -0.25) is 4.79 Å². The normalized spacial score (nSPS) is 27.2. The summed E-state index contributed by atoms with van der Waals surface area (Å²) in [6.07, 6.45) is 5.23. The lowest BCUT2D eigenvalue weighted by Gasteiger charge is -2.39. The minimum absolute atomic E-state index is 0.180. The second-order valence-corrected chi connectivity index (χ2v) is 9.24. The maximum atomic E-state index is 12.7. The van der Waals surface area contributed by atoms with E-state index in [0.29, 0.717) is 11.5 Å². The van der Waals surface area contributed by atoms with E-state index in [4.69, 9.17) is 0 Å². The zero-order chi connectivity index (χ0) is 19.1. The third kappa shape index (κ3) is 3.62. The maximum Gasteiger partial charge on any atom is 0.267 e. The minimum atomic E-state index is -0.327. The monoisotopic (exact) mass is 351 g/mol. The molecule has 2 fully saturated rings. The van der Waals surface area contributed by atoms with Crippen molar-refractivity contribution < 1.29 is 4.79 Å². The molecule has 4 nitrogen and oxygen atoms in total. The number of benzene rings is 1. The molecule has 3 rings (SSSR count). The summed E-state index contributed by atoms with van der Waals surface area (Å²) in [4.78, 5) is 14.9. The van der Waals surface area contributed by atoms with Crippen molar-refractivity contribution in [1.82, 2.24) is 4.90 Å². The molecule has 0 spiro atoms. The number of nitriles is 1. The number of hydrogen-bond donors (Lipinski definition) is 1. The van der Waals surface area contributed by atoms with Gasteiger partial charge < -0.3 is 10.2 Å². The molecular weight excluding hydrogens is 322 g/mol. The molecule has 4 heteroatoms. The molecule has 1 aliphatic heterocycles. The highest BCUT2D eigenvalue weighted by molar-refractivity contribution is 6.06. The average molecular weight is 351 g/mol. The highest BCUT2D eigenvalue weighted by atomic mass is 16.1. The van der Waals surface area contributed by atoms with Crippen LogP contribution >= 0.6 is 0 Å². The summed E-state index contributed by atoms with van der Waals surface area (Å²) < 4.78 is 0. The van der Waals surface area contributed by atoms with Gasteiger partial charge in [0, 0.05) is 24.5 Å². The molecule has 2 unspecified atom stereocenters. The molecule has 1 aromatic carbocycles. The summed E-state index contributed by atoms with van der Waals surface area (Å²) in [6, 6.07) is 8.33. The minimum Gasteiger partial charge on any atom is -0.373 e. The Labute approximate surface area is 156 Å². The second kappa shape index (κ2) is 6.46. The topological polar surface area (TPSA) is 56.1 Å². The molecule has 1 heterocycles. The Hall–Kier alpha value is -2.28. The molecule has 1 saturated heterocycles. The molecule has 26 heavy (non-hydrogen) atoms. The SMILES string of the molecule is Cc1cccc(NC(=O)/C(C#N)=C\N2CC3(C)CC2CC(C)(C)C3)c1C. The van der Waals surface area contributed by atoms with E-state index in [1.54, 1.807) is 6.20 Å². The molecule has 0 aromatic heterocycles. The van der Waals surface area contributed by atoms with Gasteiger partial charge in [-0.1, -0.05) is 32.9 Å². The van der Waals surface area contributed by atoms with Crippen molar-refractivity contribution in [3.8, 4) is 6.07 Å². The number of carbonyl (C=O) groups is 1. The molecule has 1 aromatic rings. The molecule has 2 atom stereocenters. The third-order valence-electron chi connectivity index (χ3n) is 5.97. The van der Waals surface area contributed by atoms with Crippen molar-refractivity contribution in [2.75, 3.05) is 11.9 Å². The molecule has 1 amide bonds. The van der Waals surface area contributed by atoms with E-state index < -0.39 is 0 Å². The van der Waals surface area contributed by atoms with Crippen LogP contribution < -0.4 is 5.32 Å². The van der Waals surface area contributed by atoms with E-state index in [1.165, 1.54) is 6.42 Å². The highest BCUT2D eigenvalue weighted by Crippen LogP contribution is 2.52. The average Bonchev–Trinajstić information content (AvgIpc) is 2.77. The number of rotatable bonds is 3. The van der Waals surface area contributed by atoms with Crippen LogP contribution in [0.3, 0.4) is 0 Å². The first-order valence-electron chi connectivity index (χ1n) is 9.38. The zero-order valence-electron chi connectivity index (χ0n) is 16.5. The Morgan fingerprint density at radius 3 is 2.73 bits per heavy atom. The molecule has 0 radical (unpaired) electrons. The van der Waals surface area contributed by atoms with Crippen molar-refractivity contribution in [3.63, 3.8) is 0 Å². The number of hydrogen-bond acceptors (Lipinski definition) is 3. The summed E-state index contributed by atoms with van der Waals surface area (Å²) >= 11 is 0. The van der Waals surface area contributed by atoms with Crippen LogP contribution in [-0.4, -0.2) is 23.4 Å². The Balaban J connectivity index is 1.80. The number of nitrogens with one attached hydrogen (secondary N) is 1. The number of nitrogens with zero attached hydrogens (tertiary/aromatic N) is 2. The molecule has 1 N–H and O–H groups in total. The summed E-state index contributed by atoms with van der Waals surface area (Å²) in [7, 11) is 0. The maximum absolute atomic E-state index is 12.7. The van der Waals surface area contributed by atoms with Crippen molar-refractivity contribution in [1.29, 1.82) is 5.26 Å². The van der Waals surface area contributed by atoms with Gasteiger partial charge in [-0.15, -0.1) is 0 Å². The number of anilines is 1. The second-order valence-electron chi connectivity index (χ2n) is 9.24. The van der Waals surface area contributed by atoms with Gasteiger partial charge in [0.05, 0.1) is 0 Å². The number of likely N-dealkylation sites (tertiary alicyclic amines) is 1. The lowest BCUT2D eigenvalue weighted by Crippen LogP contribution is -2.33. The van der Waals surface area contributed by atoms with E-state index >= 15 is 0 Å². The van der Waals surface area contributed by atoms with Gasteiger partial charge in [-0.2, -0.15) is 5.26 Å². The number of carbonyl (C=O) groups excluding carboxylic acids is 1. The quantitative estimate of drug-likeness (QED) is 0.642. The smallest absolute Gasteiger partial charge is 0.267 e. The third-order valence-corrected chi connectivity index (χ3v) is 5.97. The zero-order valence-corrected chi connectivity index (χ0v) is 16.5. The van der Waals surface area contributed by atoms with Gasteiger partial charge >= 0.3 is 0 Å². The van der Waals surface area contributed by atoms with E-state index in [1.807, 2.05) is 32.0 Å². The van der Waals surface area contributed by atoms with Crippen LogP contribution in [0.25, 0.3) is 0 Å². The predicted molar refractivity (Wildman–Crippen MR) is 104 cm³/mol. The van der Waals surface area contributed by atoms with Crippen LogP contribution in [0.4, 0.5) is 5.69 Å². The first-order chi connectivity index (χ1) is 12.1. The van der Waals surface area contributed by atoms with E-state index in [-0.39, 0.29) is 16.9 Å². The lowest BCUT2D eigenvalue weighted by molar-refractivity contribution is -0.112. The van der Waals surface area contributed by atoms with Gasteiger partial charge in [-0.05, 0) is 61.1 Å². The molecule has 2 aliphatic rings. The van der Waals surface area contributed by atoms with E-state index in [9.17, 15) is 10.1 Å². The van der Waals surface area contributed by atoms with Gasteiger partial charge in [0.2, 0.25) is 0 Å². The molecule has 1 saturated carbocycles. The van der Waals surface area contributed by atoms with Crippen LogP contribution in [0.1, 0.15) is 51.2 Å². The molecular formula is C22H29N3O. The van der Waals surface area contributed by atoms with E-state index in [0.717, 1.165) is 36.2 Å². The van der Waals surface area contributed by atoms with Gasteiger partial charge in [-0.25, -0.2) is 0 Å². The van der Waals surface area contributed by atoms with Crippen LogP contribution in [0.5, 0.6) is 0 Å². The standard InChI is InChI=1S/C22H29N3O/c1-15-7-6-8-19(16(15)2)24-20(26)17(11-23)12-25-14-22(5)10-18(25)9-21(3,4)13-22/h6-8,12,18H,9-10,13-14H2,1-5H3,(H,24,26)/b17-12-. The largest absolute Gasteiger partial charge is 0.373 e. The van der Waals surface area contributed by atoms with Crippen molar-refractivity contribution in [2.24, 2.45) is 10.8 Å². The van der Waals surface area contributed by atoms with Crippen LogP contribution in [0, 0.1) is 36.0 Å². The summed E-state index contributed by atoms with van der Waals surface area (Å²) in [6.45, 7) is 11.9. The Kier molecular flexibility index (Phi) is 4.60. The Morgan fingerprint density at radius 1 is 1.31 bits per heavy atom. The first kappa shape index (κ1) is 18.5. The fourth-order valence-corrected chi connectivity index (χ4v) is 5.03.